The summed E-state index contributed by atoms with van der Waals surface area (Å²) in [5.74, 6) is -0.441. The molecule has 0 N–H and O–H groups in total. The van der Waals surface area contributed by atoms with Crippen LogP contribution in [0.2, 0.25) is 0 Å². The Labute approximate surface area is 143 Å². The third-order valence-corrected chi connectivity index (χ3v) is 4.62. The van der Waals surface area contributed by atoms with Crippen molar-refractivity contribution in [2.45, 2.75) is 17.9 Å². The second kappa shape index (κ2) is 6.96. The monoisotopic (exact) mass is 373 g/mol. The average Bonchev–Trinajstić information content (AvgIpc) is 2.93. The van der Waals surface area contributed by atoms with Gasteiger partial charge < -0.3 is 9.64 Å². The Morgan fingerprint density at radius 1 is 1.13 bits per heavy atom. The third-order valence-electron chi connectivity index (χ3n) is 3.77. The van der Waals surface area contributed by atoms with Gasteiger partial charge in [-0.1, -0.05) is 58.4 Å². The number of anilines is 1. The lowest BCUT2D eigenvalue weighted by atomic mass is 10.1. The first-order valence-corrected chi connectivity index (χ1v) is 8.34. The molecule has 0 saturated carbocycles. The van der Waals surface area contributed by atoms with Crippen molar-refractivity contribution in [2.24, 2.45) is 0 Å². The molecule has 0 radical (unpaired) electrons. The van der Waals surface area contributed by atoms with Gasteiger partial charge in [0.05, 0.1) is 16.1 Å². The van der Waals surface area contributed by atoms with E-state index in [1.807, 2.05) is 36.4 Å². The van der Waals surface area contributed by atoms with E-state index in [1.165, 1.54) is 0 Å². The van der Waals surface area contributed by atoms with Gasteiger partial charge in [-0.15, -0.1) is 0 Å². The molecule has 4 nitrogen and oxygen atoms in total. The number of hydrogen-bond donors (Lipinski definition) is 0. The number of alkyl halides is 1. The number of amides is 1. The summed E-state index contributed by atoms with van der Waals surface area (Å²) in [7, 11) is 0. The molecule has 0 spiro atoms. The fourth-order valence-corrected chi connectivity index (χ4v) is 3.02. The number of ether oxygens (including phenoxy) is 1. The number of carbonyl (C=O) groups excluding carboxylic acids is 2. The second-order valence-electron chi connectivity index (χ2n) is 5.32. The minimum Gasteiger partial charge on any atom is -0.457 e. The highest BCUT2D eigenvalue weighted by atomic mass is 79.9. The van der Waals surface area contributed by atoms with E-state index in [0.29, 0.717) is 17.8 Å². The molecule has 2 aromatic carbocycles. The maximum absolute atomic E-state index is 12.4. The van der Waals surface area contributed by atoms with Crippen LogP contribution in [0, 0.1) is 0 Å². The molecular weight excluding hydrogens is 358 g/mol. The van der Waals surface area contributed by atoms with Gasteiger partial charge in [0.25, 0.3) is 0 Å². The largest absolute Gasteiger partial charge is 0.457 e. The lowest BCUT2D eigenvalue weighted by Crippen LogP contribution is -2.28. The third kappa shape index (κ3) is 3.45. The van der Waals surface area contributed by atoms with Crippen LogP contribution in [0.1, 0.15) is 22.3 Å². The smallest absolute Gasteiger partial charge is 0.340 e. The Morgan fingerprint density at radius 3 is 2.52 bits per heavy atom. The topological polar surface area (TPSA) is 46.6 Å². The van der Waals surface area contributed by atoms with E-state index in [0.717, 1.165) is 12.0 Å². The predicted octanol–water partition coefficient (Wildman–Crippen LogP) is 3.54. The molecule has 118 valence electrons. The molecule has 0 aromatic heterocycles. The zero-order valence-electron chi connectivity index (χ0n) is 12.4. The van der Waals surface area contributed by atoms with Gasteiger partial charge in [0.2, 0.25) is 5.91 Å². The first kappa shape index (κ1) is 15.7. The lowest BCUT2D eigenvalue weighted by molar-refractivity contribution is -0.116. The maximum atomic E-state index is 12.4. The van der Waals surface area contributed by atoms with Gasteiger partial charge >= 0.3 is 5.97 Å². The summed E-state index contributed by atoms with van der Waals surface area (Å²) in [5, 5.41) is 0. The van der Waals surface area contributed by atoms with Gasteiger partial charge in [-0.05, 0) is 24.1 Å². The Morgan fingerprint density at radius 2 is 1.83 bits per heavy atom. The number of benzene rings is 2. The maximum Gasteiger partial charge on any atom is 0.340 e. The molecule has 2 aromatic rings. The lowest BCUT2D eigenvalue weighted by Gasteiger charge is -2.19. The highest BCUT2D eigenvalue weighted by Gasteiger charge is 2.32. The number of rotatable bonds is 4. The van der Waals surface area contributed by atoms with E-state index < -0.39 is 5.97 Å². The SMILES string of the molecule is O=C(OCc1ccccc1)c1ccccc1N1CCC(Br)C1=O. The molecule has 23 heavy (non-hydrogen) atoms. The number of hydrogen-bond acceptors (Lipinski definition) is 3. The van der Waals surface area contributed by atoms with E-state index in [4.69, 9.17) is 4.74 Å². The van der Waals surface area contributed by atoms with Crippen molar-refractivity contribution in [2.75, 3.05) is 11.4 Å². The second-order valence-corrected chi connectivity index (χ2v) is 6.43. The summed E-state index contributed by atoms with van der Waals surface area (Å²) >= 11 is 3.36. The fraction of sp³-hybridized carbons (Fsp3) is 0.222. The van der Waals surface area contributed by atoms with Crippen molar-refractivity contribution in [3.05, 3.63) is 65.7 Å². The number of halogens is 1. The molecule has 1 aliphatic rings. The predicted molar refractivity (Wildman–Crippen MR) is 91.7 cm³/mol. The van der Waals surface area contributed by atoms with Crippen LogP contribution < -0.4 is 4.90 Å². The number of carbonyl (C=O) groups is 2. The van der Waals surface area contributed by atoms with Crippen molar-refractivity contribution >= 4 is 33.5 Å². The summed E-state index contributed by atoms with van der Waals surface area (Å²) in [6.45, 7) is 0.806. The molecular formula is C18H16BrNO3. The van der Waals surface area contributed by atoms with Gasteiger partial charge in [0.1, 0.15) is 6.61 Å². The van der Waals surface area contributed by atoms with Crippen molar-refractivity contribution < 1.29 is 14.3 Å². The molecule has 5 heteroatoms. The van der Waals surface area contributed by atoms with Crippen LogP contribution in [-0.4, -0.2) is 23.2 Å². The normalized spacial score (nSPS) is 17.3. The van der Waals surface area contributed by atoms with E-state index in [1.54, 1.807) is 23.1 Å². The Hall–Kier alpha value is -2.14. The number of para-hydroxylation sites is 1. The zero-order valence-corrected chi connectivity index (χ0v) is 14.0. The molecule has 1 unspecified atom stereocenters. The first-order chi connectivity index (χ1) is 11.2. The van der Waals surface area contributed by atoms with E-state index in [2.05, 4.69) is 15.9 Å². The summed E-state index contributed by atoms with van der Waals surface area (Å²) < 4.78 is 5.39. The highest BCUT2D eigenvalue weighted by molar-refractivity contribution is 9.10. The van der Waals surface area contributed by atoms with E-state index >= 15 is 0 Å². The molecule has 1 aliphatic heterocycles. The van der Waals surface area contributed by atoms with Gasteiger partial charge in [-0.2, -0.15) is 0 Å². The van der Waals surface area contributed by atoms with Gasteiger partial charge in [-0.3, -0.25) is 4.79 Å². The van der Waals surface area contributed by atoms with E-state index in [9.17, 15) is 9.59 Å². The van der Waals surface area contributed by atoms with Gasteiger partial charge in [0.15, 0.2) is 0 Å². The van der Waals surface area contributed by atoms with Crippen LogP contribution in [0.25, 0.3) is 0 Å². The van der Waals surface area contributed by atoms with Crippen molar-refractivity contribution in [3.63, 3.8) is 0 Å². The molecule has 1 fully saturated rings. The zero-order chi connectivity index (χ0) is 16.2. The van der Waals surface area contributed by atoms with Gasteiger partial charge in [0, 0.05) is 6.54 Å². The average molecular weight is 374 g/mol. The van der Waals surface area contributed by atoms with Crippen LogP contribution >= 0.6 is 15.9 Å². The van der Waals surface area contributed by atoms with E-state index in [-0.39, 0.29) is 17.3 Å². The number of nitrogens with zero attached hydrogens (tertiary/aromatic N) is 1. The molecule has 1 atom stereocenters. The highest BCUT2D eigenvalue weighted by Crippen LogP contribution is 2.28. The van der Waals surface area contributed by atoms with Crippen LogP contribution in [0.4, 0.5) is 5.69 Å². The van der Waals surface area contributed by atoms with Crippen LogP contribution in [0.5, 0.6) is 0 Å². The van der Waals surface area contributed by atoms with Crippen LogP contribution in [0.15, 0.2) is 54.6 Å². The van der Waals surface area contributed by atoms with Crippen LogP contribution in [0.3, 0.4) is 0 Å². The van der Waals surface area contributed by atoms with Crippen LogP contribution in [-0.2, 0) is 16.1 Å². The minimum absolute atomic E-state index is 0.0201. The Balaban J connectivity index is 1.77. The Bertz CT molecular complexity index is 717. The molecule has 1 saturated heterocycles. The van der Waals surface area contributed by atoms with Crippen molar-refractivity contribution in [3.8, 4) is 0 Å². The molecule has 3 rings (SSSR count). The number of esters is 1. The summed E-state index contributed by atoms with van der Waals surface area (Å²) in [6, 6.07) is 16.6. The molecule has 0 aliphatic carbocycles. The fourth-order valence-electron chi connectivity index (χ4n) is 2.57. The summed E-state index contributed by atoms with van der Waals surface area (Å²) in [4.78, 5) is 26.1. The summed E-state index contributed by atoms with van der Waals surface area (Å²) in [6.07, 6.45) is 0.728. The van der Waals surface area contributed by atoms with Crippen molar-refractivity contribution in [1.82, 2.24) is 0 Å². The molecule has 0 bridgehead atoms. The molecule has 1 heterocycles. The summed E-state index contributed by atoms with van der Waals surface area (Å²) in [5.41, 5.74) is 1.95. The Kier molecular flexibility index (Phi) is 4.76. The molecule has 1 amide bonds. The van der Waals surface area contributed by atoms with Gasteiger partial charge in [-0.25, -0.2) is 4.79 Å². The minimum atomic E-state index is -0.421. The quantitative estimate of drug-likeness (QED) is 0.608. The standard InChI is InChI=1S/C18H16BrNO3/c19-15-10-11-20(17(15)21)16-9-5-4-8-14(16)18(22)23-12-13-6-2-1-3-7-13/h1-9,15H,10-12H2. The van der Waals surface area contributed by atoms with Crippen molar-refractivity contribution in [1.29, 1.82) is 0 Å². The first-order valence-electron chi connectivity index (χ1n) is 7.42.